The minimum absolute atomic E-state index is 0.259. The van der Waals surface area contributed by atoms with Crippen LogP contribution in [0.5, 0.6) is 11.5 Å². The number of rotatable bonds is 1. The maximum Gasteiger partial charge on any atom is 0.264 e. The molecule has 0 saturated carbocycles. The molecule has 12 heavy (non-hydrogen) atoms. The summed E-state index contributed by atoms with van der Waals surface area (Å²) >= 11 is 0. The summed E-state index contributed by atoms with van der Waals surface area (Å²) in [5.41, 5.74) is 4.44. The molecule has 4 N–H and O–H groups in total. The third-order valence-corrected chi connectivity index (χ3v) is 1.39. The zero-order valence-corrected chi connectivity index (χ0v) is 5.96. The van der Waals surface area contributed by atoms with Gasteiger partial charge in [0.1, 0.15) is 0 Å². The number of aromatic hydroxyl groups is 2. The van der Waals surface area contributed by atoms with Crippen LogP contribution >= 0.6 is 0 Å². The lowest BCUT2D eigenvalue weighted by Crippen LogP contribution is -1.90. The van der Waals surface area contributed by atoms with Gasteiger partial charge in [-0.2, -0.15) is 0 Å². The molecule has 1 rings (SSSR count). The Morgan fingerprint density at radius 2 is 1.83 bits per heavy atom. The first kappa shape index (κ1) is 8.58. The van der Waals surface area contributed by atoms with Gasteiger partial charge < -0.3 is 15.9 Å². The second-order valence-electron chi connectivity index (χ2n) is 2.28. The predicted octanol–water partition coefficient (Wildman–Crippen LogP) is 1.62. The fourth-order valence-corrected chi connectivity index (χ4v) is 0.790. The van der Waals surface area contributed by atoms with Crippen LogP contribution in [-0.4, -0.2) is 10.2 Å². The predicted molar refractivity (Wildman–Crippen MR) is 39.1 cm³/mol. The van der Waals surface area contributed by atoms with Crippen LogP contribution in [0.4, 0.5) is 14.5 Å². The van der Waals surface area contributed by atoms with E-state index in [4.69, 9.17) is 15.9 Å². The van der Waals surface area contributed by atoms with Crippen molar-refractivity contribution in [1.29, 1.82) is 0 Å². The number of phenolic OH excluding ortho intramolecular Hbond substituents is 2. The minimum Gasteiger partial charge on any atom is -0.504 e. The highest BCUT2D eigenvalue weighted by Crippen LogP contribution is 2.35. The van der Waals surface area contributed by atoms with Crippen molar-refractivity contribution >= 4 is 5.69 Å². The normalized spacial score (nSPS) is 10.6. The van der Waals surface area contributed by atoms with Gasteiger partial charge in [-0.15, -0.1) is 0 Å². The van der Waals surface area contributed by atoms with E-state index in [-0.39, 0.29) is 5.69 Å². The SMILES string of the molecule is Nc1cc(C(F)F)cc(O)c1O. The lowest BCUT2D eigenvalue weighted by molar-refractivity contribution is 0.151. The Bertz CT molecular complexity index is 278. The Morgan fingerprint density at radius 3 is 2.25 bits per heavy atom. The highest BCUT2D eigenvalue weighted by molar-refractivity contribution is 5.60. The van der Waals surface area contributed by atoms with Crippen molar-refractivity contribution in [2.45, 2.75) is 6.43 Å². The molecule has 0 fully saturated rings. The number of phenols is 2. The fraction of sp³-hybridized carbons (Fsp3) is 0.143. The fourth-order valence-electron chi connectivity index (χ4n) is 0.790. The Hall–Kier alpha value is -1.52. The zero-order chi connectivity index (χ0) is 9.30. The van der Waals surface area contributed by atoms with Gasteiger partial charge in [-0.05, 0) is 12.1 Å². The second kappa shape index (κ2) is 2.84. The number of alkyl halides is 2. The van der Waals surface area contributed by atoms with E-state index in [9.17, 15) is 8.78 Å². The van der Waals surface area contributed by atoms with E-state index >= 15 is 0 Å². The number of hydrogen-bond donors (Lipinski definition) is 3. The molecule has 0 radical (unpaired) electrons. The van der Waals surface area contributed by atoms with Gasteiger partial charge in [-0.25, -0.2) is 8.78 Å². The smallest absolute Gasteiger partial charge is 0.264 e. The maximum atomic E-state index is 12.0. The van der Waals surface area contributed by atoms with Crippen molar-refractivity contribution in [2.75, 3.05) is 5.73 Å². The molecule has 1 aromatic carbocycles. The first-order chi connectivity index (χ1) is 5.52. The Balaban J connectivity index is 3.21. The van der Waals surface area contributed by atoms with E-state index in [0.717, 1.165) is 12.1 Å². The molecule has 0 heterocycles. The van der Waals surface area contributed by atoms with Crippen LogP contribution in [0.15, 0.2) is 12.1 Å². The van der Waals surface area contributed by atoms with Crippen molar-refractivity contribution in [1.82, 2.24) is 0 Å². The lowest BCUT2D eigenvalue weighted by Gasteiger charge is -2.04. The van der Waals surface area contributed by atoms with Gasteiger partial charge in [0, 0.05) is 5.56 Å². The molecule has 0 aliphatic heterocycles. The number of halogens is 2. The van der Waals surface area contributed by atoms with Crippen molar-refractivity contribution in [3.63, 3.8) is 0 Å². The molecular formula is C7H7F2NO2. The largest absolute Gasteiger partial charge is 0.504 e. The van der Waals surface area contributed by atoms with Gasteiger partial charge in [0.25, 0.3) is 6.43 Å². The molecule has 0 saturated heterocycles. The molecule has 0 aromatic heterocycles. The summed E-state index contributed by atoms with van der Waals surface area (Å²) in [6.07, 6.45) is -2.71. The summed E-state index contributed by atoms with van der Waals surface area (Å²) in [5, 5.41) is 17.8. The molecule has 0 aliphatic rings. The zero-order valence-electron chi connectivity index (χ0n) is 5.96. The van der Waals surface area contributed by atoms with Gasteiger partial charge in [0.15, 0.2) is 11.5 Å². The van der Waals surface area contributed by atoms with E-state index in [0.29, 0.717) is 0 Å². The van der Waals surface area contributed by atoms with Gasteiger partial charge in [-0.3, -0.25) is 0 Å². The molecule has 0 amide bonds. The van der Waals surface area contributed by atoms with Crippen LogP contribution < -0.4 is 5.73 Å². The molecule has 5 heteroatoms. The summed E-state index contributed by atoms with van der Waals surface area (Å²) < 4.78 is 24.0. The van der Waals surface area contributed by atoms with Crippen molar-refractivity contribution in [2.24, 2.45) is 0 Å². The van der Waals surface area contributed by atoms with Crippen LogP contribution in [0.3, 0.4) is 0 Å². The minimum atomic E-state index is -2.71. The third kappa shape index (κ3) is 1.39. The van der Waals surface area contributed by atoms with Gasteiger partial charge in [-0.1, -0.05) is 0 Å². The van der Waals surface area contributed by atoms with Crippen LogP contribution in [0.1, 0.15) is 12.0 Å². The highest BCUT2D eigenvalue weighted by Gasteiger charge is 2.12. The molecule has 1 aromatic rings. The molecule has 0 atom stereocenters. The van der Waals surface area contributed by atoms with Crippen LogP contribution in [0.25, 0.3) is 0 Å². The summed E-state index contributed by atoms with van der Waals surface area (Å²) in [5.74, 6) is -1.20. The number of benzene rings is 1. The number of hydrogen-bond acceptors (Lipinski definition) is 3. The first-order valence-corrected chi connectivity index (χ1v) is 3.12. The van der Waals surface area contributed by atoms with Crippen LogP contribution in [-0.2, 0) is 0 Å². The molecule has 66 valence electrons. The van der Waals surface area contributed by atoms with Crippen molar-refractivity contribution in [3.05, 3.63) is 17.7 Å². The monoisotopic (exact) mass is 175 g/mol. The Kier molecular flexibility index (Phi) is 2.03. The molecular weight excluding hydrogens is 168 g/mol. The van der Waals surface area contributed by atoms with E-state index < -0.39 is 23.5 Å². The van der Waals surface area contributed by atoms with Crippen LogP contribution in [0, 0.1) is 0 Å². The molecule has 0 spiro atoms. The van der Waals surface area contributed by atoms with Gasteiger partial charge in [0.2, 0.25) is 0 Å². The average molecular weight is 175 g/mol. The van der Waals surface area contributed by atoms with E-state index in [1.54, 1.807) is 0 Å². The lowest BCUT2D eigenvalue weighted by atomic mass is 10.2. The third-order valence-electron chi connectivity index (χ3n) is 1.39. The van der Waals surface area contributed by atoms with E-state index in [1.165, 1.54) is 0 Å². The number of nitrogens with two attached hydrogens (primary N) is 1. The molecule has 0 aliphatic carbocycles. The van der Waals surface area contributed by atoms with Gasteiger partial charge >= 0.3 is 0 Å². The average Bonchev–Trinajstić information content (AvgIpc) is 1.99. The molecule has 0 bridgehead atoms. The standard InChI is InChI=1S/C7H7F2NO2/c8-7(9)3-1-4(10)6(12)5(11)2-3/h1-2,7,11-12H,10H2. The quantitative estimate of drug-likeness (QED) is 0.448. The number of anilines is 1. The van der Waals surface area contributed by atoms with E-state index in [1.807, 2.05) is 0 Å². The summed E-state index contributed by atoms with van der Waals surface area (Å²) in [4.78, 5) is 0. The maximum absolute atomic E-state index is 12.0. The topological polar surface area (TPSA) is 66.5 Å². The van der Waals surface area contributed by atoms with Crippen molar-refractivity contribution in [3.8, 4) is 11.5 Å². The van der Waals surface area contributed by atoms with Crippen LogP contribution in [0.2, 0.25) is 0 Å². The van der Waals surface area contributed by atoms with Crippen molar-refractivity contribution < 1.29 is 19.0 Å². The number of nitrogen functional groups attached to an aromatic ring is 1. The molecule has 3 nitrogen and oxygen atoms in total. The Labute approximate surface area is 67.1 Å². The Morgan fingerprint density at radius 1 is 1.25 bits per heavy atom. The summed E-state index contributed by atoms with van der Waals surface area (Å²) in [7, 11) is 0. The summed E-state index contributed by atoms with van der Waals surface area (Å²) in [6, 6.07) is 1.69. The second-order valence-corrected chi connectivity index (χ2v) is 2.28. The summed E-state index contributed by atoms with van der Waals surface area (Å²) in [6.45, 7) is 0. The van der Waals surface area contributed by atoms with Gasteiger partial charge in [0.05, 0.1) is 5.69 Å². The highest BCUT2D eigenvalue weighted by atomic mass is 19.3. The van der Waals surface area contributed by atoms with E-state index in [2.05, 4.69) is 0 Å². The first-order valence-electron chi connectivity index (χ1n) is 3.12. The molecule has 0 unspecified atom stereocenters.